The molecule has 0 saturated heterocycles. The van der Waals surface area contributed by atoms with E-state index in [4.69, 9.17) is 4.74 Å². The lowest BCUT2D eigenvalue weighted by molar-refractivity contribution is -0.122. The third-order valence-electron chi connectivity index (χ3n) is 4.51. The lowest BCUT2D eigenvalue weighted by Crippen LogP contribution is -2.48. The van der Waals surface area contributed by atoms with Crippen molar-refractivity contribution in [2.24, 2.45) is 0 Å². The molecule has 1 aromatic carbocycles. The number of ether oxygens (including phenoxy) is 1. The minimum Gasteiger partial charge on any atom is -0.384 e. The predicted molar refractivity (Wildman–Crippen MR) is 93.4 cm³/mol. The molecule has 5 nitrogen and oxygen atoms in total. The van der Waals surface area contributed by atoms with Crippen molar-refractivity contribution in [2.45, 2.75) is 32.1 Å². The number of nitrogens with one attached hydrogen (secondary N) is 1. The van der Waals surface area contributed by atoms with Crippen LogP contribution in [0.15, 0.2) is 48.7 Å². The molecule has 5 heteroatoms. The highest BCUT2D eigenvalue weighted by Crippen LogP contribution is 2.20. The predicted octanol–water partition coefficient (Wildman–Crippen LogP) is 2.03. The van der Waals surface area contributed by atoms with Crippen LogP contribution in [-0.4, -0.2) is 41.7 Å². The number of amides is 1. The van der Waals surface area contributed by atoms with E-state index in [1.807, 2.05) is 6.07 Å². The first-order chi connectivity index (χ1) is 11.8. The van der Waals surface area contributed by atoms with Crippen molar-refractivity contribution in [3.63, 3.8) is 0 Å². The quantitative estimate of drug-likeness (QED) is 0.846. The topological polar surface area (TPSA) is 46.5 Å². The zero-order valence-electron chi connectivity index (χ0n) is 14.1. The second-order valence-corrected chi connectivity index (χ2v) is 6.24. The molecule has 1 unspecified atom stereocenters. The Bertz CT molecular complexity index is 654. The monoisotopic (exact) mass is 327 g/mol. The molecule has 0 aliphatic carbocycles. The fourth-order valence-corrected chi connectivity index (χ4v) is 3.16. The molecule has 2 aromatic rings. The third kappa shape index (κ3) is 4.24. The van der Waals surface area contributed by atoms with Crippen molar-refractivity contribution in [3.8, 4) is 0 Å². The van der Waals surface area contributed by atoms with E-state index < -0.39 is 0 Å². The summed E-state index contributed by atoms with van der Waals surface area (Å²) in [4.78, 5) is 14.3. The summed E-state index contributed by atoms with van der Waals surface area (Å²) in [6.45, 7) is 3.82. The van der Waals surface area contributed by atoms with Crippen molar-refractivity contribution < 1.29 is 9.53 Å². The molecule has 1 N–H and O–H groups in total. The highest BCUT2D eigenvalue weighted by atomic mass is 16.5. The van der Waals surface area contributed by atoms with Gasteiger partial charge in [0.05, 0.1) is 6.61 Å². The van der Waals surface area contributed by atoms with Crippen molar-refractivity contribution in [2.75, 3.05) is 20.3 Å². The van der Waals surface area contributed by atoms with Crippen LogP contribution in [0.3, 0.4) is 0 Å². The number of carbonyl (C=O) groups excluding carboxylic acids is 1. The smallest absolute Gasteiger partial charge is 0.222 e. The van der Waals surface area contributed by atoms with Gasteiger partial charge in [0.15, 0.2) is 0 Å². The van der Waals surface area contributed by atoms with Gasteiger partial charge in [0.1, 0.15) is 0 Å². The molecule has 2 heterocycles. The van der Waals surface area contributed by atoms with E-state index in [-0.39, 0.29) is 11.9 Å². The standard InChI is InChI=1S/C19H25N3O2/c1-24-11-9-19(23)20-12-18-15-21-10-5-8-17(21)14-22(18)13-16-6-3-2-4-7-16/h2-8,10,18H,9,11-15H2,1H3,(H,20,23). The van der Waals surface area contributed by atoms with Gasteiger partial charge in [0.2, 0.25) is 5.91 Å². The Hall–Kier alpha value is -2.11. The van der Waals surface area contributed by atoms with E-state index in [9.17, 15) is 4.79 Å². The number of carbonyl (C=O) groups is 1. The summed E-state index contributed by atoms with van der Waals surface area (Å²) in [5, 5.41) is 3.05. The van der Waals surface area contributed by atoms with Gasteiger partial charge in [-0.05, 0) is 17.7 Å². The number of aromatic nitrogens is 1. The van der Waals surface area contributed by atoms with Crippen molar-refractivity contribution >= 4 is 5.91 Å². The van der Waals surface area contributed by atoms with Gasteiger partial charge in [0.25, 0.3) is 0 Å². The number of fused-ring (bicyclic) bond motifs is 1. The summed E-state index contributed by atoms with van der Waals surface area (Å²) in [6, 6.07) is 15.0. The van der Waals surface area contributed by atoms with Crippen LogP contribution in [0, 0.1) is 0 Å². The molecule has 1 aliphatic heterocycles. The molecule has 0 saturated carbocycles. The third-order valence-corrected chi connectivity index (χ3v) is 4.51. The van der Waals surface area contributed by atoms with Crippen LogP contribution in [0.4, 0.5) is 0 Å². The van der Waals surface area contributed by atoms with Crippen molar-refractivity contribution in [1.82, 2.24) is 14.8 Å². The Labute approximate surface area is 143 Å². The van der Waals surface area contributed by atoms with Crippen LogP contribution in [0.1, 0.15) is 17.7 Å². The van der Waals surface area contributed by atoms with Crippen molar-refractivity contribution in [3.05, 3.63) is 59.9 Å². The molecule has 0 fully saturated rings. The van der Waals surface area contributed by atoms with Crippen LogP contribution < -0.4 is 5.32 Å². The Morgan fingerprint density at radius 2 is 2.08 bits per heavy atom. The lowest BCUT2D eigenvalue weighted by Gasteiger charge is -2.37. The van der Waals surface area contributed by atoms with Gasteiger partial charge in [-0.3, -0.25) is 9.69 Å². The highest BCUT2D eigenvalue weighted by molar-refractivity contribution is 5.75. The fraction of sp³-hybridized carbons (Fsp3) is 0.421. The molecule has 1 amide bonds. The molecule has 0 spiro atoms. The minimum absolute atomic E-state index is 0.0508. The number of methoxy groups -OCH3 is 1. The van der Waals surface area contributed by atoms with Crippen LogP contribution in [0.2, 0.25) is 0 Å². The molecule has 128 valence electrons. The Balaban J connectivity index is 1.65. The molecule has 0 radical (unpaired) electrons. The Morgan fingerprint density at radius 1 is 1.25 bits per heavy atom. The SMILES string of the molecule is COCCC(=O)NCC1Cn2cccc2CN1Cc1ccccc1. The first kappa shape index (κ1) is 16.7. The van der Waals surface area contributed by atoms with E-state index in [0.29, 0.717) is 19.6 Å². The Kier molecular flexibility index (Phi) is 5.67. The molecule has 1 aromatic heterocycles. The summed E-state index contributed by atoms with van der Waals surface area (Å²) in [6.07, 6.45) is 2.53. The second-order valence-electron chi connectivity index (χ2n) is 6.24. The van der Waals surface area contributed by atoms with Crippen LogP contribution >= 0.6 is 0 Å². The first-order valence-corrected chi connectivity index (χ1v) is 8.44. The number of rotatable bonds is 7. The van der Waals surface area contributed by atoms with Crippen LogP contribution in [0.25, 0.3) is 0 Å². The summed E-state index contributed by atoms with van der Waals surface area (Å²) < 4.78 is 7.25. The molecular formula is C19H25N3O2. The number of hydrogen-bond acceptors (Lipinski definition) is 3. The van der Waals surface area contributed by atoms with Gasteiger partial charge < -0.3 is 14.6 Å². The van der Waals surface area contributed by atoms with Gasteiger partial charge in [-0.25, -0.2) is 0 Å². The summed E-state index contributed by atoms with van der Waals surface area (Å²) in [7, 11) is 1.61. The number of nitrogens with zero attached hydrogens (tertiary/aromatic N) is 2. The average molecular weight is 327 g/mol. The molecule has 1 aliphatic rings. The van der Waals surface area contributed by atoms with Gasteiger partial charge in [0, 0.05) is 57.6 Å². The molecular weight excluding hydrogens is 302 g/mol. The molecule has 1 atom stereocenters. The van der Waals surface area contributed by atoms with Gasteiger partial charge in [-0.15, -0.1) is 0 Å². The zero-order valence-corrected chi connectivity index (χ0v) is 14.1. The Morgan fingerprint density at radius 3 is 2.88 bits per heavy atom. The van der Waals surface area contributed by atoms with E-state index in [2.05, 4.69) is 57.4 Å². The molecule has 24 heavy (non-hydrogen) atoms. The first-order valence-electron chi connectivity index (χ1n) is 8.44. The maximum absolute atomic E-state index is 11.9. The van der Waals surface area contributed by atoms with E-state index in [1.54, 1.807) is 7.11 Å². The number of benzene rings is 1. The second kappa shape index (κ2) is 8.13. The molecule has 3 rings (SSSR count). The summed E-state index contributed by atoms with van der Waals surface area (Å²) in [5.41, 5.74) is 2.63. The molecule has 0 bridgehead atoms. The van der Waals surface area contributed by atoms with Gasteiger partial charge in [-0.2, -0.15) is 0 Å². The van der Waals surface area contributed by atoms with Gasteiger partial charge >= 0.3 is 0 Å². The summed E-state index contributed by atoms with van der Waals surface area (Å²) in [5.74, 6) is 0.0508. The maximum atomic E-state index is 11.9. The van der Waals surface area contributed by atoms with Crippen LogP contribution in [-0.2, 0) is 29.2 Å². The van der Waals surface area contributed by atoms with E-state index in [1.165, 1.54) is 11.3 Å². The normalized spacial score (nSPS) is 17.5. The van der Waals surface area contributed by atoms with Crippen LogP contribution in [0.5, 0.6) is 0 Å². The van der Waals surface area contributed by atoms with E-state index >= 15 is 0 Å². The average Bonchev–Trinajstić information content (AvgIpc) is 3.06. The number of hydrogen-bond donors (Lipinski definition) is 1. The maximum Gasteiger partial charge on any atom is 0.222 e. The highest BCUT2D eigenvalue weighted by Gasteiger charge is 2.26. The summed E-state index contributed by atoms with van der Waals surface area (Å²) >= 11 is 0. The van der Waals surface area contributed by atoms with E-state index in [0.717, 1.165) is 19.6 Å². The largest absolute Gasteiger partial charge is 0.384 e. The minimum atomic E-state index is 0.0508. The van der Waals surface area contributed by atoms with Crippen molar-refractivity contribution in [1.29, 1.82) is 0 Å². The fourth-order valence-electron chi connectivity index (χ4n) is 3.16. The van der Waals surface area contributed by atoms with Gasteiger partial charge in [-0.1, -0.05) is 30.3 Å². The lowest BCUT2D eigenvalue weighted by atomic mass is 10.1. The zero-order chi connectivity index (χ0) is 16.8.